The first-order chi connectivity index (χ1) is 7.33. The number of benzene rings is 1. The lowest BCUT2D eigenvalue weighted by Gasteiger charge is -1.99. The third-order valence-corrected chi connectivity index (χ3v) is 3.44. The van der Waals surface area contributed by atoms with Crippen molar-refractivity contribution < 1.29 is 4.74 Å². The van der Waals surface area contributed by atoms with E-state index in [1.54, 1.807) is 0 Å². The van der Waals surface area contributed by atoms with Gasteiger partial charge in [0.2, 0.25) is 4.47 Å². The fraction of sp³-hybridized carbons (Fsp3) is 0.200. The van der Waals surface area contributed by atoms with Crippen LogP contribution < -0.4 is 0 Å². The molecule has 3 nitrogen and oxygen atoms in total. The summed E-state index contributed by atoms with van der Waals surface area (Å²) in [4.78, 5) is 0. The van der Waals surface area contributed by atoms with E-state index in [0.29, 0.717) is 17.7 Å². The topological polar surface area (TPSA) is 35.0 Å². The van der Waals surface area contributed by atoms with Gasteiger partial charge in [0.1, 0.15) is 5.01 Å². The Labute approximate surface area is 95.7 Å². The molecule has 0 saturated carbocycles. The van der Waals surface area contributed by atoms with Crippen molar-refractivity contribution in [1.82, 2.24) is 10.2 Å². The zero-order valence-electron chi connectivity index (χ0n) is 7.74. The van der Waals surface area contributed by atoms with Gasteiger partial charge in [-0.05, 0) is 28.8 Å². The monoisotopic (exact) mass is 238 g/mol. The molecule has 0 N–H and O–H groups in total. The van der Waals surface area contributed by atoms with Crippen molar-refractivity contribution in [2.45, 2.75) is 13.2 Å². The number of nitrogens with zero attached hydrogens (tertiary/aromatic N) is 2. The van der Waals surface area contributed by atoms with E-state index in [2.05, 4.69) is 22.3 Å². The van der Waals surface area contributed by atoms with E-state index in [-0.39, 0.29) is 0 Å². The van der Waals surface area contributed by atoms with Crippen LogP contribution in [0.25, 0.3) is 10.6 Å². The smallest absolute Gasteiger partial charge is 0.207 e. The predicted octanol–water partition coefficient (Wildman–Crippen LogP) is 2.89. The average Bonchev–Trinajstić information content (AvgIpc) is 2.84. The molecule has 3 rings (SSSR count). The van der Waals surface area contributed by atoms with Gasteiger partial charge >= 0.3 is 0 Å². The molecule has 76 valence electrons. The number of ether oxygens (including phenoxy) is 1. The molecular formula is C10H7ClN2OS. The Balaban J connectivity index is 2.06. The van der Waals surface area contributed by atoms with Crippen molar-refractivity contribution in [2.24, 2.45) is 0 Å². The maximum Gasteiger partial charge on any atom is 0.207 e. The highest BCUT2D eigenvalue weighted by Gasteiger charge is 2.13. The molecule has 1 aromatic heterocycles. The summed E-state index contributed by atoms with van der Waals surface area (Å²) in [6, 6.07) is 6.20. The van der Waals surface area contributed by atoms with Crippen LogP contribution in [-0.2, 0) is 18.0 Å². The summed E-state index contributed by atoms with van der Waals surface area (Å²) in [7, 11) is 0. The highest BCUT2D eigenvalue weighted by atomic mass is 35.5. The standard InChI is InChI=1S/C10H7ClN2OS/c11-10-13-12-9(15-10)6-1-2-7-4-14-5-8(7)3-6/h1-3H,4-5H2. The van der Waals surface area contributed by atoms with Gasteiger partial charge in [-0.15, -0.1) is 10.2 Å². The van der Waals surface area contributed by atoms with E-state index in [0.717, 1.165) is 10.6 Å². The molecule has 0 aliphatic carbocycles. The van der Waals surface area contributed by atoms with Crippen molar-refractivity contribution in [1.29, 1.82) is 0 Å². The van der Waals surface area contributed by atoms with Crippen LogP contribution in [0.4, 0.5) is 0 Å². The predicted molar refractivity (Wildman–Crippen MR) is 58.8 cm³/mol. The highest BCUT2D eigenvalue weighted by molar-refractivity contribution is 7.18. The molecule has 2 heterocycles. The Morgan fingerprint density at radius 2 is 2.07 bits per heavy atom. The Morgan fingerprint density at radius 3 is 2.87 bits per heavy atom. The minimum Gasteiger partial charge on any atom is -0.372 e. The SMILES string of the molecule is Clc1nnc(-c2ccc3c(c2)COC3)s1. The van der Waals surface area contributed by atoms with E-state index in [4.69, 9.17) is 16.3 Å². The molecule has 0 fully saturated rings. The molecule has 2 aromatic rings. The molecule has 0 atom stereocenters. The second-order valence-electron chi connectivity index (χ2n) is 3.34. The number of aromatic nitrogens is 2. The van der Waals surface area contributed by atoms with Gasteiger partial charge < -0.3 is 4.74 Å². The first-order valence-corrected chi connectivity index (χ1v) is 5.71. The Morgan fingerprint density at radius 1 is 1.20 bits per heavy atom. The molecule has 0 unspecified atom stereocenters. The fourth-order valence-corrected chi connectivity index (χ4v) is 2.45. The normalized spacial score (nSPS) is 14.2. The van der Waals surface area contributed by atoms with Gasteiger partial charge in [0.25, 0.3) is 0 Å². The van der Waals surface area contributed by atoms with Crippen molar-refractivity contribution in [3.05, 3.63) is 33.8 Å². The van der Waals surface area contributed by atoms with Crippen molar-refractivity contribution in [2.75, 3.05) is 0 Å². The number of rotatable bonds is 1. The van der Waals surface area contributed by atoms with Gasteiger partial charge in [-0.25, -0.2) is 0 Å². The van der Waals surface area contributed by atoms with Gasteiger partial charge in [-0.2, -0.15) is 0 Å². The Hall–Kier alpha value is -0.970. The summed E-state index contributed by atoms with van der Waals surface area (Å²) in [5, 5.41) is 8.65. The number of hydrogen-bond acceptors (Lipinski definition) is 4. The molecule has 0 bridgehead atoms. The third kappa shape index (κ3) is 1.65. The lowest BCUT2D eigenvalue weighted by atomic mass is 10.1. The van der Waals surface area contributed by atoms with Gasteiger partial charge in [-0.3, -0.25) is 0 Å². The largest absolute Gasteiger partial charge is 0.372 e. The molecule has 5 heteroatoms. The summed E-state index contributed by atoms with van der Waals surface area (Å²) in [6.45, 7) is 1.40. The third-order valence-electron chi connectivity index (χ3n) is 2.37. The van der Waals surface area contributed by atoms with E-state index >= 15 is 0 Å². The van der Waals surface area contributed by atoms with Crippen LogP contribution >= 0.6 is 22.9 Å². The molecule has 0 saturated heterocycles. The Bertz CT molecular complexity index is 512. The summed E-state index contributed by atoms with van der Waals surface area (Å²) >= 11 is 7.14. The van der Waals surface area contributed by atoms with E-state index < -0.39 is 0 Å². The molecular weight excluding hydrogens is 232 g/mol. The number of halogens is 1. The number of hydrogen-bond donors (Lipinski definition) is 0. The van der Waals surface area contributed by atoms with E-state index in [1.165, 1.54) is 22.5 Å². The molecule has 1 aromatic carbocycles. The molecule has 15 heavy (non-hydrogen) atoms. The minimum absolute atomic E-state index is 0.474. The van der Waals surface area contributed by atoms with Crippen molar-refractivity contribution in [3.63, 3.8) is 0 Å². The first kappa shape index (κ1) is 9.27. The van der Waals surface area contributed by atoms with Gasteiger partial charge in [0.15, 0.2) is 0 Å². The lowest BCUT2D eigenvalue weighted by molar-refractivity contribution is 0.134. The van der Waals surface area contributed by atoms with Crippen molar-refractivity contribution in [3.8, 4) is 10.6 Å². The Kier molecular flexibility index (Phi) is 2.20. The second-order valence-corrected chi connectivity index (χ2v) is 4.90. The van der Waals surface area contributed by atoms with Crippen LogP contribution in [0.5, 0.6) is 0 Å². The maximum atomic E-state index is 5.75. The molecule has 0 amide bonds. The van der Waals surface area contributed by atoms with Crippen LogP contribution in [0, 0.1) is 0 Å². The number of fused-ring (bicyclic) bond motifs is 1. The average molecular weight is 239 g/mol. The summed E-state index contributed by atoms with van der Waals surface area (Å²) in [5.41, 5.74) is 3.55. The molecule has 0 spiro atoms. The first-order valence-electron chi connectivity index (χ1n) is 4.52. The lowest BCUT2D eigenvalue weighted by Crippen LogP contribution is -1.84. The highest BCUT2D eigenvalue weighted by Crippen LogP contribution is 2.29. The van der Waals surface area contributed by atoms with Crippen LogP contribution in [-0.4, -0.2) is 10.2 Å². The molecule has 1 aliphatic rings. The van der Waals surface area contributed by atoms with Gasteiger partial charge in [0, 0.05) is 5.56 Å². The van der Waals surface area contributed by atoms with Crippen molar-refractivity contribution >= 4 is 22.9 Å². The van der Waals surface area contributed by atoms with Crippen LogP contribution in [0.3, 0.4) is 0 Å². The van der Waals surface area contributed by atoms with Gasteiger partial charge in [0.05, 0.1) is 13.2 Å². The van der Waals surface area contributed by atoms with Crippen LogP contribution in [0.15, 0.2) is 18.2 Å². The molecule has 0 radical (unpaired) electrons. The summed E-state index contributed by atoms with van der Waals surface area (Å²) in [6.07, 6.45) is 0. The van der Waals surface area contributed by atoms with E-state index in [1.807, 2.05) is 6.07 Å². The summed E-state index contributed by atoms with van der Waals surface area (Å²) < 4.78 is 5.83. The zero-order chi connectivity index (χ0) is 10.3. The van der Waals surface area contributed by atoms with Gasteiger partial charge in [-0.1, -0.05) is 23.5 Å². The van der Waals surface area contributed by atoms with E-state index in [9.17, 15) is 0 Å². The minimum atomic E-state index is 0.474. The summed E-state index contributed by atoms with van der Waals surface area (Å²) in [5.74, 6) is 0. The maximum absolute atomic E-state index is 5.75. The van der Waals surface area contributed by atoms with Crippen LogP contribution in [0.1, 0.15) is 11.1 Å². The zero-order valence-corrected chi connectivity index (χ0v) is 9.31. The second kappa shape index (κ2) is 3.56. The fourth-order valence-electron chi connectivity index (χ4n) is 1.63. The van der Waals surface area contributed by atoms with Crippen LogP contribution in [0.2, 0.25) is 4.47 Å². The molecule has 1 aliphatic heterocycles. The quantitative estimate of drug-likeness (QED) is 0.766.